The van der Waals surface area contributed by atoms with Gasteiger partial charge in [-0.05, 0) is 73.2 Å². The maximum atomic E-state index is 14.7. The highest BCUT2D eigenvalue weighted by Crippen LogP contribution is 2.35. The van der Waals surface area contributed by atoms with Gasteiger partial charge < -0.3 is 4.84 Å². The Morgan fingerprint density at radius 1 is 1.10 bits per heavy atom. The molecule has 1 saturated carbocycles. The Morgan fingerprint density at radius 3 is 2.68 bits per heavy atom. The van der Waals surface area contributed by atoms with Crippen molar-refractivity contribution in [2.24, 2.45) is 11.1 Å². The summed E-state index contributed by atoms with van der Waals surface area (Å²) in [5.41, 5.74) is 4.96. The zero-order valence-electron chi connectivity index (χ0n) is 17.3. The molecule has 1 atom stereocenters. The Balaban J connectivity index is 1.51. The van der Waals surface area contributed by atoms with Crippen molar-refractivity contribution in [3.8, 4) is 11.1 Å². The number of aryl methyl sites for hydroxylation is 1. The van der Waals surface area contributed by atoms with Crippen LogP contribution in [0.15, 0.2) is 65.9 Å². The third kappa shape index (κ3) is 4.26. The molecule has 1 fully saturated rings. The second kappa shape index (κ2) is 8.06. The summed E-state index contributed by atoms with van der Waals surface area (Å²) >= 11 is 0. The average molecular weight is 414 g/mol. The first-order valence-corrected chi connectivity index (χ1v) is 10.7. The molecule has 2 heterocycles. The van der Waals surface area contributed by atoms with E-state index in [4.69, 9.17) is 4.84 Å². The first kappa shape index (κ1) is 19.6. The van der Waals surface area contributed by atoms with Gasteiger partial charge in [-0.15, -0.1) is 0 Å². The molecule has 3 aromatic rings. The fourth-order valence-electron chi connectivity index (χ4n) is 3.94. The second-order valence-corrected chi connectivity index (χ2v) is 8.44. The van der Waals surface area contributed by atoms with E-state index in [1.807, 2.05) is 43.3 Å². The standard InChI is InChI=1S/C26H23FN2O2/c1-16-5-8-21(22(27)10-16)18-12-19(14-20(13-18)25(30)11-17-6-7-17)24-15-26(31-29-24)23-4-2-3-9-28-23/h2-5,8-10,12-14,17,26H,6-7,11,15H2,1H3. The van der Waals surface area contributed by atoms with Crippen LogP contribution in [0.4, 0.5) is 4.39 Å². The highest BCUT2D eigenvalue weighted by atomic mass is 19.1. The Labute approximate surface area is 180 Å². The summed E-state index contributed by atoms with van der Waals surface area (Å²) in [5, 5.41) is 4.28. The third-order valence-corrected chi connectivity index (χ3v) is 5.88. The van der Waals surface area contributed by atoms with E-state index in [2.05, 4.69) is 10.1 Å². The van der Waals surface area contributed by atoms with Crippen molar-refractivity contribution in [2.45, 2.75) is 38.7 Å². The molecule has 1 aliphatic heterocycles. The molecule has 31 heavy (non-hydrogen) atoms. The predicted molar refractivity (Wildman–Crippen MR) is 117 cm³/mol. The highest BCUT2D eigenvalue weighted by molar-refractivity contribution is 6.06. The molecular formula is C26H23FN2O2. The maximum absolute atomic E-state index is 14.7. The summed E-state index contributed by atoms with van der Waals surface area (Å²) in [5.74, 6) is 0.282. The molecule has 1 aliphatic carbocycles. The largest absolute Gasteiger partial charge is 0.385 e. The molecular weight excluding hydrogens is 391 g/mol. The summed E-state index contributed by atoms with van der Waals surface area (Å²) in [6.45, 7) is 1.86. The van der Waals surface area contributed by atoms with Crippen molar-refractivity contribution in [1.29, 1.82) is 0 Å². The number of hydrogen-bond acceptors (Lipinski definition) is 4. The molecule has 5 heteroatoms. The molecule has 0 bridgehead atoms. The lowest BCUT2D eigenvalue weighted by Gasteiger charge is -2.11. The molecule has 0 radical (unpaired) electrons. The number of nitrogens with zero attached hydrogens (tertiary/aromatic N) is 2. The lowest BCUT2D eigenvalue weighted by Crippen LogP contribution is -2.07. The Kier molecular flexibility index (Phi) is 5.10. The van der Waals surface area contributed by atoms with Crippen LogP contribution in [0.25, 0.3) is 11.1 Å². The molecule has 1 unspecified atom stereocenters. The minimum atomic E-state index is -0.297. The van der Waals surface area contributed by atoms with Crippen molar-refractivity contribution >= 4 is 11.5 Å². The zero-order valence-corrected chi connectivity index (χ0v) is 17.3. The summed E-state index contributed by atoms with van der Waals surface area (Å²) in [6, 6.07) is 16.4. The van der Waals surface area contributed by atoms with E-state index in [1.54, 1.807) is 18.3 Å². The minimum Gasteiger partial charge on any atom is -0.385 e. The van der Waals surface area contributed by atoms with Crippen molar-refractivity contribution in [2.75, 3.05) is 0 Å². The number of ketones is 1. The number of carbonyl (C=O) groups is 1. The topological polar surface area (TPSA) is 51.5 Å². The van der Waals surface area contributed by atoms with Crippen LogP contribution in [0.5, 0.6) is 0 Å². The normalized spacial score (nSPS) is 17.9. The summed E-state index contributed by atoms with van der Waals surface area (Å²) in [4.78, 5) is 22.9. The number of Topliss-reactive ketones (excluding diaryl/α,β-unsaturated/α-hetero) is 1. The van der Waals surface area contributed by atoms with Crippen LogP contribution >= 0.6 is 0 Å². The van der Waals surface area contributed by atoms with E-state index in [1.165, 1.54) is 6.07 Å². The van der Waals surface area contributed by atoms with Gasteiger partial charge in [0.1, 0.15) is 5.82 Å². The van der Waals surface area contributed by atoms with Gasteiger partial charge in [-0.1, -0.05) is 23.4 Å². The summed E-state index contributed by atoms with van der Waals surface area (Å²) < 4.78 is 14.7. The molecule has 2 aromatic carbocycles. The molecule has 0 saturated heterocycles. The van der Waals surface area contributed by atoms with Crippen LogP contribution in [0, 0.1) is 18.7 Å². The van der Waals surface area contributed by atoms with E-state index >= 15 is 0 Å². The summed E-state index contributed by atoms with van der Waals surface area (Å²) in [7, 11) is 0. The number of aromatic nitrogens is 1. The Bertz CT molecular complexity index is 1170. The highest BCUT2D eigenvalue weighted by Gasteiger charge is 2.28. The summed E-state index contributed by atoms with van der Waals surface area (Å²) in [6.07, 6.45) is 4.77. The van der Waals surface area contributed by atoms with Crippen molar-refractivity contribution < 1.29 is 14.0 Å². The third-order valence-electron chi connectivity index (χ3n) is 5.88. The molecule has 2 aliphatic rings. The van der Waals surface area contributed by atoms with Crippen LogP contribution in [0.1, 0.15) is 59.0 Å². The quantitative estimate of drug-likeness (QED) is 0.462. The van der Waals surface area contributed by atoms with Gasteiger partial charge in [0.2, 0.25) is 0 Å². The van der Waals surface area contributed by atoms with Crippen LogP contribution in [0.3, 0.4) is 0 Å². The molecule has 1 aromatic heterocycles. The van der Waals surface area contributed by atoms with Crippen LogP contribution in [-0.2, 0) is 4.84 Å². The smallest absolute Gasteiger partial charge is 0.174 e. The van der Waals surface area contributed by atoms with Crippen LogP contribution < -0.4 is 0 Å². The molecule has 0 N–H and O–H groups in total. The van der Waals surface area contributed by atoms with E-state index in [0.29, 0.717) is 35.4 Å². The van der Waals surface area contributed by atoms with Gasteiger partial charge in [0.05, 0.1) is 11.4 Å². The minimum absolute atomic E-state index is 0.0962. The van der Waals surface area contributed by atoms with E-state index < -0.39 is 0 Å². The number of pyridine rings is 1. The fourth-order valence-corrected chi connectivity index (χ4v) is 3.94. The van der Waals surface area contributed by atoms with Crippen molar-refractivity contribution in [1.82, 2.24) is 4.98 Å². The first-order valence-electron chi connectivity index (χ1n) is 10.7. The predicted octanol–water partition coefficient (Wildman–Crippen LogP) is 6.04. The lowest BCUT2D eigenvalue weighted by molar-refractivity contribution is 0.0826. The van der Waals surface area contributed by atoms with Crippen LogP contribution in [0.2, 0.25) is 0 Å². The number of oxime groups is 1. The number of rotatable bonds is 6. The molecule has 5 rings (SSSR count). The van der Waals surface area contributed by atoms with Crippen molar-refractivity contribution in [3.63, 3.8) is 0 Å². The Hall–Kier alpha value is -3.34. The van der Waals surface area contributed by atoms with E-state index in [0.717, 1.165) is 35.4 Å². The van der Waals surface area contributed by atoms with Gasteiger partial charge in [0.25, 0.3) is 0 Å². The number of carbonyl (C=O) groups excluding carboxylic acids is 1. The molecule has 0 spiro atoms. The van der Waals surface area contributed by atoms with Gasteiger partial charge in [-0.2, -0.15) is 0 Å². The van der Waals surface area contributed by atoms with E-state index in [9.17, 15) is 9.18 Å². The monoisotopic (exact) mass is 414 g/mol. The molecule has 4 nitrogen and oxygen atoms in total. The van der Waals surface area contributed by atoms with E-state index in [-0.39, 0.29) is 17.7 Å². The van der Waals surface area contributed by atoms with Crippen LogP contribution in [-0.4, -0.2) is 16.5 Å². The second-order valence-electron chi connectivity index (χ2n) is 8.44. The van der Waals surface area contributed by atoms with Gasteiger partial charge in [-0.3, -0.25) is 9.78 Å². The molecule has 156 valence electrons. The Morgan fingerprint density at radius 2 is 1.94 bits per heavy atom. The van der Waals surface area contributed by atoms with Gasteiger partial charge in [0.15, 0.2) is 11.9 Å². The SMILES string of the molecule is Cc1ccc(-c2cc(C(=O)CC3CC3)cc(C3=NOC(c4ccccn4)C3)c2)c(F)c1. The maximum Gasteiger partial charge on any atom is 0.174 e. The van der Waals surface area contributed by atoms with Gasteiger partial charge in [-0.25, -0.2) is 4.39 Å². The fraction of sp³-hybridized carbons (Fsp3) is 0.269. The lowest BCUT2D eigenvalue weighted by atomic mass is 9.92. The van der Waals surface area contributed by atoms with Gasteiger partial charge in [0, 0.05) is 35.7 Å². The average Bonchev–Trinajstić information content (AvgIpc) is 3.45. The molecule has 0 amide bonds. The zero-order chi connectivity index (χ0) is 21.4. The van der Waals surface area contributed by atoms with Gasteiger partial charge >= 0.3 is 0 Å². The van der Waals surface area contributed by atoms with Crippen molar-refractivity contribution in [3.05, 3.63) is 89.0 Å². The number of hydrogen-bond donors (Lipinski definition) is 0. The first-order chi connectivity index (χ1) is 15.1. The number of halogens is 1. The number of benzene rings is 2.